The number of nitrogens with zero attached hydrogens (tertiary/aromatic N) is 1. The number of carbonyl (C=O) groups excluding carboxylic acids is 2. The number of pyridine rings is 1. The largest absolute Gasteiger partial charge is 0.452 e. The first kappa shape index (κ1) is 19.6. The SMILES string of the molecule is CC(C)(C)c1ccc(C(=O)Oc2ccc3c(c2)OC(=Cc2ccncc2)C3=O)cc1. The Bertz CT molecular complexity index is 1140. The van der Waals surface area contributed by atoms with E-state index in [4.69, 9.17) is 9.47 Å². The van der Waals surface area contributed by atoms with E-state index in [1.807, 2.05) is 12.1 Å². The van der Waals surface area contributed by atoms with Gasteiger partial charge in [0.25, 0.3) is 0 Å². The van der Waals surface area contributed by atoms with E-state index in [-0.39, 0.29) is 17.0 Å². The number of benzene rings is 2. The summed E-state index contributed by atoms with van der Waals surface area (Å²) in [5.74, 6) is 0.229. The molecule has 30 heavy (non-hydrogen) atoms. The van der Waals surface area contributed by atoms with E-state index in [9.17, 15) is 9.59 Å². The monoisotopic (exact) mass is 399 g/mol. The molecule has 0 bridgehead atoms. The third kappa shape index (κ3) is 4.01. The van der Waals surface area contributed by atoms with Crippen molar-refractivity contribution in [3.8, 4) is 11.5 Å². The zero-order valence-electron chi connectivity index (χ0n) is 17.0. The van der Waals surface area contributed by atoms with Crippen molar-refractivity contribution in [2.45, 2.75) is 26.2 Å². The highest BCUT2D eigenvalue weighted by Gasteiger charge is 2.28. The van der Waals surface area contributed by atoms with Crippen molar-refractivity contribution in [1.82, 2.24) is 4.98 Å². The average Bonchev–Trinajstić information content (AvgIpc) is 3.03. The number of esters is 1. The Labute approximate surface area is 175 Å². The second-order valence-electron chi connectivity index (χ2n) is 8.10. The van der Waals surface area contributed by atoms with Gasteiger partial charge >= 0.3 is 5.97 Å². The van der Waals surface area contributed by atoms with E-state index < -0.39 is 5.97 Å². The molecule has 0 unspecified atom stereocenters. The van der Waals surface area contributed by atoms with Crippen molar-refractivity contribution in [3.05, 3.63) is 95.0 Å². The van der Waals surface area contributed by atoms with Crippen molar-refractivity contribution < 1.29 is 19.1 Å². The Morgan fingerprint density at radius 1 is 1.00 bits per heavy atom. The number of aromatic nitrogens is 1. The lowest BCUT2D eigenvalue weighted by Crippen LogP contribution is -2.12. The van der Waals surface area contributed by atoms with Crippen LogP contribution in [0.1, 0.15) is 52.6 Å². The molecule has 5 nitrogen and oxygen atoms in total. The summed E-state index contributed by atoms with van der Waals surface area (Å²) in [5, 5.41) is 0. The van der Waals surface area contributed by atoms with Gasteiger partial charge in [0.15, 0.2) is 5.76 Å². The highest BCUT2D eigenvalue weighted by Crippen LogP contribution is 2.35. The van der Waals surface area contributed by atoms with Gasteiger partial charge in [-0.3, -0.25) is 9.78 Å². The number of hydrogen-bond acceptors (Lipinski definition) is 5. The second-order valence-corrected chi connectivity index (χ2v) is 8.10. The van der Waals surface area contributed by atoms with Gasteiger partial charge in [0.1, 0.15) is 11.5 Å². The van der Waals surface area contributed by atoms with Crippen molar-refractivity contribution in [3.63, 3.8) is 0 Å². The first-order chi connectivity index (χ1) is 14.3. The molecule has 0 aliphatic carbocycles. The van der Waals surface area contributed by atoms with Gasteiger partial charge in [-0.25, -0.2) is 4.79 Å². The summed E-state index contributed by atoms with van der Waals surface area (Å²) in [6, 6.07) is 15.7. The van der Waals surface area contributed by atoms with Crippen LogP contribution in [0, 0.1) is 0 Å². The Hall–Kier alpha value is -3.73. The zero-order valence-corrected chi connectivity index (χ0v) is 17.0. The highest BCUT2D eigenvalue weighted by molar-refractivity contribution is 6.14. The normalized spacial score (nSPS) is 14.4. The van der Waals surface area contributed by atoms with E-state index >= 15 is 0 Å². The molecule has 1 aliphatic heterocycles. The van der Waals surface area contributed by atoms with Crippen LogP contribution in [-0.2, 0) is 5.41 Å². The molecule has 0 radical (unpaired) electrons. The van der Waals surface area contributed by atoms with E-state index in [0.29, 0.717) is 22.6 Å². The van der Waals surface area contributed by atoms with Gasteiger partial charge in [0.05, 0.1) is 11.1 Å². The van der Waals surface area contributed by atoms with Crippen LogP contribution >= 0.6 is 0 Å². The predicted molar refractivity (Wildman–Crippen MR) is 114 cm³/mol. The molecule has 1 aromatic heterocycles. The molecule has 1 aliphatic rings. The van der Waals surface area contributed by atoms with Crippen LogP contribution in [0.4, 0.5) is 0 Å². The number of rotatable bonds is 3. The van der Waals surface area contributed by atoms with E-state index in [2.05, 4.69) is 25.8 Å². The molecule has 3 aromatic rings. The fourth-order valence-electron chi connectivity index (χ4n) is 3.11. The van der Waals surface area contributed by atoms with Gasteiger partial charge in [-0.15, -0.1) is 0 Å². The molecule has 0 amide bonds. The number of fused-ring (bicyclic) bond motifs is 1. The lowest BCUT2D eigenvalue weighted by atomic mass is 9.87. The summed E-state index contributed by atoms with van der Waals surface area (Å²) >= 11 is 0. The van der Waals surface area contributed by atoms with Crippen LogP contribution in [0.3, 0.4) is 0 Å². The molecule has 0 saturated carbocycles. The average molecular weight is 399 g/mol. The fraction of sp³-hybridized carbons (Fsp3) is 0.160. The first-order valence-corrected chi connectivity index (χ1v) is 9.62. The third-order valence-corrected chi connectivity index (χ3v) is 4.84. The van der Waals surface area contributed by atoms with Gasteiger partial charge < -0.3 is 9.47 Å². The molecule has 4 rings (SSSR count). The second kappa shape index (κ2) is 7.59. The predicted octanol–water partition coefficient (Wildman–Crippen LogP) is 5.21. The maximum Gasteiger partial charge on any atom is 0.343 e. The molecule has 5 heteroatoms. The smallest absolute Gasteiger partial charge is 0.343 e. The Morgan fingerprint density at radius 3 is 2.37 bits per heavy atom. The minimum atomic E-state index is -0.465. The lowest BCUT2D eigenvalue weighted by molar-refractivity contribution is 0.0734. The number of Topliss-reactive ketones (excluding diaryl/α,β-unsaturated/α-hetero) is 1. The van der Waals surface area contributed by atoms with Gasteiger partial charge in [0.2, 0.25) is 5.78 Å². The summed E-state index contributed by atoms with van der Waals surface area (Å²) in [5.41, 5.74) is 2.85. The van der Waals surface area contributed by atoms with Crippen LogP contribution in [0.15, 0.2) is 72.8 Å². The van der Waals surface area contributed by atoms with Crippen molar-refractivity contribution in [2.75, 3.05) is 0 Å². The van der Waals surface area contributed by atoms with Crippen molar-refractivity contribution >= 4 is 17.8 Å². The van der Waals surface area contributed by atoms with Gasteiger partial charge in [0, 0.05) is 18.5 Å². The summed E-state index contributed by atoms with van der Waals surface area (Å²) in [7, 11) is 0. The van der Waals surface area contributed by atoms with Crippen molar-refractivity contribution in [1.29, 1.82) is 0 Å². The lowest BCUT2D eigenvalue weighted by Gasteiger charge is -2.18. The highest BCUT2D eigenvalue weighted by atomic mass is 16.5. The molecule has 2 heterocycles. The van der Waals surface area contributed by atoms with Crippen molar-refractivity contribution in [2.24, 2.45) is 0 Å². The molecular formula is C25H21NO4. The summed E-state index contributed by atoms with van der Waals surface area (Å²) in [4.78, 5) is 29.0. The quantitative estimate of drug-likeness (QED) is 0.343. The summed E-state index contributed by atoms with van der Waals surface area (Å²) < 4.78 is 11.2. The van der Waals surface area contributed by atoms with Gasteiger partial charge in [-0.2, -0.15) is 0 Å². The molecule has 0 N–H and O–H groups in total. The maximum absolute atomic E-state index is 12.6. The fourth-order valence-corrected chi connectivity index (χ4v) is 3.11. The molecular weight excluding hydrogens is 378 g/mol. The first-order valence-electron chi connectivity index (χ1n) is 9.62. The van der Waals surface area contributed by atoms with E-state index in [0.717, 1.165) is 11.1 Å². The number of hydrogen-bond donors (Lipinski definition) is 0. The van der Waals surface area contributed by atoms with Gasteiger partial charge in [-0.1, -0.05) is 32.9 Å². The Balaban J connectivity index is 1.51. The Morgan fingerprint density at radius 2 is 1.70 bits per heavy atom. The third-order valence-electron chi connectivity index (χ3n) is 4.84. The zero-order chi connectivity index (χ0) is 21.3. The number of ether oxygens (including phenoxy) is 2. The number of carbonyl (C=O) groups is 2. The molecule has 0 atom stereocenters. The van der Waals surface area contributed by atoms with Gasteiger partial charge in [-0.05, 0) is 59.0 Å². The van der Waals surface area contributed by atoms with Crippen LogP contribution in [-0.4, -0.2) is 16.7 Å². The minimum Gasteiger partial charge on any atom is -0.452 e. The summed E-state index contributed by atoms with van der Waals surface area (Å²) in [6.45, 7) is 6.34. The number of ketones is 1. The standard InChI is InChI=1S/C25H21NO4/c1-25(2,3)18-6-4-17(5-7-18)24(28)29-19-8-9-20-21(15-19)30-22(23(20)27)14-16-10-12-26-13-11-16/h4-15H,1-3H3. The number of allylic oxidation sites excluding steroid dienone is 1. The van der Waals surface area contributed by atoms with Crippen LogP contribution in [0.2, 0.25) is 0 Å². The molecule has 2 aromatic carbocycles. The van der Waals surface area contributed by atoms with Crippen LogP contribution in [0.25, 0.3) is 6.08 Å². The molecule has 0 fully saturated rings. The van der Waals surface area contributed by atoms with Crippen LogP contribution in [0.5, 0.6) is 11.5 Å². The van der Waals surface area contributed by atoms with Crippen LogP contribution < -0.4 is 9.47 Å². The molecule has 150 valence electrons. The summed E-state index contributed by atoms with van der Waals surface area (Å²) in [6.07, 6.45) is 4.95. The molecule has 0 spiro atoms. The Kier molecular flexibility index (Phi) is 4.96. The van der Waals surface area contributed by atoms with E-state index in [1.54, 1.807) is 60.9 Å². The molecule has 0 saturated heterocycles. The maximum atomic E-state index is 12.6. The van der Waals surface area contributed by atoms with E-state index in [1.165, 1.54) is 0 Å². The topological polar surface area (TPSA) is 65.5 Å². The minimum absolute atomic E-state index is 0.00772.